The molecule has 2 aromatic carbocycles. The molecule has 4 amide bonds. The molecular weight excluding hydrogens is 426 g/mol. The average molecular weight is 451 g/mol. The van der Waals surface area contributed by atoms with Gasteiger partial charge in [0.2, 0.25) is 5.91 Å². The first-order valence-corrected chi connectivity index (χ1v) is 10.2. The lowest BCUT2D eigenvalue weighted by Crippen LogP contribution is -2.44. The standard InChI is InChI=1S/C23H25N5O5/c1-23(16-10-8-15(9-11-16)20(24)25)21(32)28(22(33)27(23)2)13-18(29)26-17(12-19(30)31)14-6-4-3-5-7-14/h3-11,17H,12-13H2,1-2H3,(H3,24,25)(H,26,29)(H,30,31). The molecule has 2 atom stereocenters. The van der Waals surface area contributed by atoms with E-state index in [1.165, 1.54) is 11.9 Å². The first-order chi connectivity index (χ1) is 15.6. The van der Waals surface area contributed by atoms with Gasteiger partial charge >= 0.3 is 12.0 Å². The number of imide groups is 1. The van der Waals surface area contributed by atoms with Crippen LogP contribution in [0.25, 0.3) is 0 Å². The Labute approximate surface area is 190 Å². The van der Waals surface area contributed by atoms with Gasteiger partial charge in [0.1, 0.15) is 17.9 Å². The van der Waals surface area contributed by atoms with Crippen LogP contribution in [0, 0.1) is 5.41 Å². The van der Waals surface area contributed by atoms with Crippen molar-refractivity contribution < 1.29 is 24.3 Å². The van der Waals surface area contributed by atoms with Gasteiger partial charge in [-0.3, -0.25) is 24.7 Å². The third kappa shape index (κ3) is 4.54. The van der Waals surface area contributed by atoms with E-state index >= 15 is 0 Å². The van der Waals surface area contributed by atoms with Crippen molar-refractivity contribution in [2.45, 2.75) is 24.9 Å². The Hall–Kier alpha value is -4.21. The zero-order chi connectivity index (χ0) is 24.3. The fourth-order valence-electron chi connectivity index (χ4n) is 3.79. The van der Waals surface area contributed by atoms with E-state index in [0.29, 0.717) is 16.7 Å². The molecule has 0 aliphatic carbocycles. The van der Waals surface area contributed by atoms with E-state index in [1.54, 1.807) is 61.5 Å². The van der Waals surface area contributed by atoms with Crippen molar-refractivity contribution in [2.24, 2.45) is 5.73 Å². The van der Waals surface area contributed by atoms with Crippen molar-refractivity contribution in [3.63, 3.8) is 0 Å². The summed E-state index contributed by atoms with van der Waals surface area (Å²) in [5.41, 5.74) is 5.70. The normalized spacial score (nSPS) is 18.8. The molecule has 0 bridgehead atoms. The van der Waals surface area contributed by atoms with Crippen molar-refractivity contribution >= 4 is 29.7 Å². The molecule has 0 spiro atoms. The van der Waals surface area contributed by atoms with E-state index in [1.807, 2.05) is 0 Å². The molecule has 0 radical (unpaired) electrons. The summed E-state index contributed by atoms with van der Waals surface area (Å²) in [7, 11) is 1.47. The van der Waals surface area contributed by atoms with Crippen LogP contribution < -0.4 is 11.1 Å². The predicted octanol–water partition coefficient (Wildman–Crippen LogP) is 1.41. The monoisotopic (exact) mass is 451 g/mol. The maximum atomic E-state index is 13.3. The van der Waals surface area contributed by atoms with Crippen molar-refractivity contribution in [3.8, 4) is 0 Å². The van der Waals surface area contributed by atoms with Gasteiger partial charge in [0.05, 0.1) is 12.5 Å². The molecule has 5 N–H and O–H groups in total. The van der Waals surface area contributed by atoms with Gasteiger partial charge in [0.25, 0.3) is 5.91 Å². The van der Waals surface area contributed by atoms with E-state index in [2.05, 4.69) is 5.32 Å². The number of aliphatic carboxylic acids is 1. The molecule has 33 heavy (non-hydrogen) atoms. The largest absolute Gasteiger partial charge is 0.481 e. The molecule has 10 heteroatoms. The highest BCUT2D eigenvalue weighted by Crippen LogP contribution is 2.36. The van der Waals surface area contributed by atoms with Gasteiger partial charge in [-0.25, -0.2) is 4.79 Å². The molecule has 10 nitrogen and oxygen atoms in total. The van der Waals surface area contributed by atoms with Gasteiger partial charge in [-0.2, -0.15) is 0 Å². The first-order valence-electron chi connectivity index (χ1n) is 10.2. The Morgan fingerprint density at radius 2 is 1.73 bits per heavy atom. The molecule has 1 aliphatic rings. The SMILES string of the molecule is CN1C(=O)N(CC(=O)NC(CC(=O)O)c2ccccc2)C(=O)C1(C)c1ccc(C(=N)N)cc1. The summed E-state index contributed by atoms with van der Waals surface area (Å²) >= 11 is 0. The van der Waals surface area contributed by atoms with Crippen LogP contribution in [0.4, 0.5) is 4.79 Å². The van der Waals surface area contributed by atoms with Crippen LogP contribution in [0.2, 0.25) is 0 Å². The van der Waals surface area contributed by atoms with E-state index in [9.17, 15) is 24.3 Å². The Kier molecular flexibility index (Phi) is 6.47. The van der Waals surface area contributed by atoms with Crippen molar-refractivity contribution in [3.05, 3.63) is 71.3 Å². The Morgan fingerprint density at radius 1 is 1.12 bits per heavy atom. The van der Waals surface area contributed by atoms with E-state index < -0.39 is 41.9 Å². The number of urea groups is 1. The maximum absolute atomic E-state index is 13.3. The Morgan fingerprint density at radius 3 is 2.27 bits per heavy atom. The number of hydrogen-bond donors (Lipinski definition) is 4. The number of nitrogen functional groups attached to an aromatic ring is 1. The van der Waals surface area contributed by atoms with Crippen LogP contribution in [-0.4, -0.2) is 58.1 Å². The summed E-state index contributed by atoms with van der Waals surface area (Å²) in [6.07, 6.45) is -0.349. The molecule has 1 saturated heterocycles. The van der Waals surface area contributed by atoms with Crippen molar-refractivity contribution in [2.75, 3.05) is 13.6 Å². The lowest BCUT2D eigenvalue weighted by atomic mass is 9.90. The number of carboxylic acids is 1. The topological polar surface area (TPSA) is 157 Å². The molecule has 1 aliphatic heterocycles. The number of carbonyl (C=O) groups excluding carboxylic acids is 3. The fourth-order valence-corrected chi connectivity index (χ4v) is 3.79. The number of nitrogens with zero attached hydrogens (tertiary/aromatic N) is 2. The molecule has 2 aromatic rings. The van der Waals surface area contributed by atoms with Gasteiger partial charge in [-0.1, -0.05) is 54.6 Å². The summed E-state index contributed by atoms with van der Waals surface area (Å²) in [5.74, 6) is -2.47. The molecule has 1 fully saturated rings. The van der Waals surface area contributed by atoms with Gasteiger partial charge in [0.15, 0.2) is 0 Å². The number of benzene rings is 2. The second-order valence-corrected chi connectivity index (χ2v) is 7.92. The minimum absolute atomic E-state index is 0.124. The number of carbonyl (C=O) groups is 4. The summed E-state index contributed by atoms with van der Waals surface area (Å²) in [5, 5.41) is 19.3. The summed E-state index contributed by atoms with van der Waals surface area (Å²) in [4.78, 5) is 52.2. The van der Waals surface area contributed by atoms with Crippen LogP contribution in [-0.2, 0) is 19.9 Å². The van der Waals surface area contributed by atoms with Gasteiger partial charge in [-0.05, 0) is 18.1 Å². The van der Waals surface area contributed by atoms with Crippen LogP contribution >= 0.6 is 0 Å². The minimum atomic E-state index is -1.35. The number of hydrogen-bond acceptors (Lipinski definition) is 5. The lowest BCUT2D eigenvalue weighted by molar-refractivity contribution is -0.139. The van der Waals surface area contributed by atoms with Gasteiger partial charge < -0.3 is 21.1 Å². The Bertz CT molecular complexity index is 1100. The van der Waals surface area contributed by atoms with E-state index in [-0.39, 0.29) is 12.3 Å². The minimum Gasteiger partial charge on any atom is -0.481 e. The fraction of sp³-hybridized carbons (Fsp3) is 0.261. The summed E-state index contributed by atoms with van der Waals surface area (Å²) < 4.78 is 0. The number of amides is 4. The summed E-state index contributed by atoms with van der Waals surface area (Å²) in [6, 6.07) is 13.5. The highest BCUT2D eigenvalue weighted by Gasteiger charge is 2.54. The van der Waals surface area contributed by atoms with Crippen LogP contribution in [0.1, 0.15) is 36.1 Å². The third-order valence-corrected chi connectivity index (χ3v) is 5.83. The lowest BCUT2D eigenvalue weighted by Gasteiger charge is -2.29. The van der Waals surface area contributed by atoms with Gasteiger partial charge in [0, 0.05) is 12.6 Å². The number of carboxylic acid groups (broad SMARTS) is 1. The molecule has 0 aromatic heterocycles. The average Bonchev–Trinajstić information content (AvgIpc) is 2.95. The molecule has 3 rings (SSSR count). The number of nitrogens with two attached hydrogens (primary N) is 1. The number of likely N-dealkylation sites (N-methyl/N-ethyl adjacent to an activating group) is 1. The van der Waals surface area contributed by atoms with Crippen LogP contribution in [0.5, 0.6) is 0 Å². The van der Waals surface area contributed by atoms with E-state index in [0.717, 1.165) is 4.90 Å². The Balaban J connectivity index is 1.80. The second-order valence-electron chi connectivity index (χ2n) is 7.92. The molecule has 0 saturated carbocycles. The molecule has 2 unspecified atom stereocenters. The third-order valence-electron chi connectivity index (χ3n) is 5.83. The zero-order valence-electron chi connectivity index (χ0n) is 18.2. The van der Waals surface area contributed by atoms with Crippen molar-refractivity contribution in [1.82, 2.24) is 15.1 Å². The highest BCUT2D eigenvalue weighted by atomic mass is 16.4. The van der Waals surface area contributed by atoms with Crippen LogP contribution in [0.15, 0.2) is 54.6 Å². The number of nitrogens with one attached hydrogen (secondary N) is 2. The smallest absolute Gasteiger partial charge is 0.328 e. The quantitative estimate of drug-likeness (QED) is 0.270. The molecule has 172 valence electrons. The van der Waals surface area contributed by atoms with E-state index in [4.69, 9.17) is 11.1 Å². The number of rotatable bonds is 8. The predicted molar refractivity (Wildman–Crippen MR) is 119 cm³/mol. The van der Waals surface area contributed by atoms with Gasteiger partial charge in [-0.15, -0.1) is 0 Å². The first kappa shape index (κ1) is 23.5. The summed E-state index contributed by atoms with van der Waals surface area (Å²) in [6.45, 7) is 1.02. The highest BCUT2D eigenvalue weighted by molar-refractivity contribution is 6.09. The molecule has 1 heterocycles. The second kappa shape index (κ2) is 9.11. The zero-order valence-corrected chi connectivity index (χ0v) is 18.2. The maximum Gasteiger partial charge on any atom is 0.328 e. The molecular formula is C23H25N5O5. The van der Waals surface area contributed by atoms with Crippen molar-refractivity contribution in [1.29, 1.82) is 5.41 Å². The number of amidine groups is 1. The van der Waals surface area contributed by atoms with Crippen LogP contribution in [0.3, 0.4) is 0 Å².